The fourth-order valence-electron chi connectivity index (χ4n) is 4.29. The summed E-state index contributed by atoms with van der Waals surface area (Å²) in [5.41, 5.74) is 1.60. The number of hydrogen-bond donors (Lipinski definition) is 1. The van der Waals surface area contributed by atoms with Gasteiger partial charge in [0.25, 0.3) is 11.5 Å². The number of carbonyl (C=O) groups excluding carboxylic acids is 1. The maximum atomic E-state index is 12.9. The van der Waals surface area contributed by atoms with Crippen molar-refractivity contribution in [1.29, 1.82) is 0 Å². The van der Waals surface area contributed by atoms with Crippen molar-refractivity contribution in [3.63, 3.8) is 0 Å². The number of amides is 1. The van der Waals surface area contributed by atoms with Crippen LogP contribution in [0.25, 0.3) is 11.2 Å². The molecule has 2 aromatic carbocycles. The van der Waals surface area contributed by atoms with Gasteiger partial charge >= 0.3 is 0 Å². The quantitative estimate of drug-likeness (QED) is 0.434. The van der Waals surface area contributed by atoms with E-state index >= 15 is 0 Å². The summed E-state index contributed by atoms with van der Waals surface area (Å²) in [6.45, 7) is 1.41. The molecule has 35 heavy (non-hydrogen) atoms. The second-order valence-corrected chi connectivity index (χ2v) is 9.25. The minimum atomic E-state index is -0.340. The second kappa shape index (κ2) is 9.67. The summed E-state index contributed by atoms with van der Waals surface area (Å²) in [4.78, 5) is 35.0. The first-order valence-corrected chi connectivity index (χ1v) is 11.9. The minimum Gasteiger partial charge on any atom is -0.497 e. The SMILES string of the molecule is COc1cccc(C(=O)N2CCC(c3nc4c(nnn4Cc4ccc(Cl)cc4Cl)c(=O)[nH]3)CC2)c1. The smallest absolute Gasteiger partial charge is 0.281 e. The Labute approximate surface area is 210 Å². The van der Waals surface area contributed by atoms with Gasteiger partial charge < -0.3 is 14.6 Å². The minimum absolute atomic E-state index is 0.00364. The monoisotopic (exact) mass is 512 g/mol. The van der Waals surface area contributed by atoms with E-state index < -0.39 is 0 Å². The Balaban J connectivity index is 1.34. The van der Waals surface area contributed by atoms with Gasteiger partial charge in [-0.2, -0.15) is 0 Å². The van der Waals surface area contributed by atoms with Crippen molar-refractivity contribution in [3.05, 3.63) is 79.8 Å². The summed E-state index contributed by atoms with van der Waals surface area (Å²) in [5, 5.41) is 9.16. The molecule has 180 valence electrons. The van der Waals surface area contributed by atoms with E-state index in [9.17, 15) is 9.59 Å². The molecule has 1 saturated heterocycles. The molecular weight excluding hydrogens is 491 g/mol. The van der Waals surface area contributed by atoms with Gasteiger partial charge in [-0.3, -0.25) is 9.59 Å². The van der Waals surface area contributed by atoms with Gasteiger partial charge in [0.05, 0.1) is 13.7 Å². The first-order chi connectivity index (χ1) is 16.9. The van der Waals surface area contributed by atoms with E-state index in [1.807, 2.05) is 11.0 Å². The fraction of sp³-hybridized carbons (Fsp3) is 0.292. The summed E-state index contributed by atoms with van der Waals surface area (Å²) in [5.74, 6) is 1.18. The number of carbonyl (C=O) groups is 1. The van der Waals surface area contributed by atoms with E-state index in [0.29, 0.717) is 65.3 Å². The lowest BCUT2D eigenvalue weighted by Crippen LogP contribution is -2.38. The molecule has 1 fully saturated rings. The van der Waals surface area contributed by atoms with Crippen molar-refractivity contribution in [2.75, 3.05) is 20.2 Å². The van der Waals surface area contributed by atoms with Crippen LogP contribution in [0.5, 0.6) is 5.75 Å². The molecule has 0 spiro atoms. The third-order valence-electron chi connectivity index (χ3n) is 6.21. The lowest BCUT2D eigenvalue weighted by Gasteiger charge is -2.31. The highest BCUT2D eigenvalue weighted by Gasteiger charge is 2.27. The Kier molecular flexibility index (Phi) is 6.44. The van der Waals surface area contributed by atoms with Crippen LogP contribution in [0.1, 0.15) is 40.5 Å². The van der Waals surface area contributed by atoms with Crippen molar-refractivity contribution in [2.24, 2.45) is 0 Å². The van der Waals surface area contributed by atoms with Gasteiger partial charge in [0.15, 0.2) is 11.2 Å². The van der Waals surface area contributed by atoms with Crippen molar-refractivity contribution < 1.29 is 9.53 Å². The Hall–Kier alpha value is -3.43. The Morgan fingerprint density at radius 1 is 1.17 bits per heavy atom. The first-order valence-electron chi connectivity index (χ1n) is 11.1. The number of hydrogen-bond acceptors (Lipinski definition) is 6. The number of benzene rings is 2. The standard InChI is InChI=1S/C24H22Cl2N6O3/c1-35-18-4-2-3-15(11-18)24(34)31-9-7-14(8-10-31)21-27-22-20(23(33)28-21)29-30-32(22)13-16-5-6-17(25)12-19(16)26/h2-6,11-12,14H,7-10,13H2,1H3,(H,27,28,33). The molecule has 3 heterocycles. The molecule has 0 saturated carbocycles. The molecular formula is C24H22Cl2N6O3. The lowest BCUT2D eigenvalue weighted by atomic mass is 9.95. The molecule has 4 aromatic rings. The number of fused-ring (bicyclic) bond motifs is 1. The highest BCUT2D eigenvalue weighted by Crippen LogP contribution is 2.27. The molecule has 0 aliphatic carbocycles. The number of likely N-dealkylation sites (tertiary alicyclic amines) is 1. The van der Waals surface area contributed by atoms with E-state index in [2.05, 4.69) is 15.3 Å². The van der Waals surface area contributed by atoms with Crippen molar-refractivity contribution in [3.8, 4) is 5.75 Å². The number of methoxy groups -OCH3 is 1. The molecule has 0 bridgehead atoms. The maximum Gasteiger partial charge on any atom is 0.281 e. The molecule has 1 amide bonds. The first kappa shape index (κ1) is 23.3. The van der Waals surface area contributed by atoms with Crippen LogP contribution in [0.15, 0.2) is 47.3 Å². The highest BCUT2D eigenvalue weighted by atomic mass is 35.5. The normalized spacial score (nSPS) is 14.4. The van der Waals surface area contributed by atoms with E-state index in [4.69, 9.17) is 32.9 Å². The van der Waals surface area contributed by atoms with Gasteiger partial charge in [0, 0.05) is 34.6 Å². The summed E-state index contributed by atoms with van der Waals surface area (Å²) < 4.78 is 6.79. The predicted molar refractivity (Wildman–Crippen MR) is 132 cm³/mol. The summed E-state index contributed by atoms with van der Waals surface area (Å²) in [6.07, 6.45) is 1.35. The lowest BCUT2D eigenvalue weighted by molar-refractivity contribution is 0.0710. The number of piperidine rings is 1. The molecule has 11 heteroatoms. The van der Waals surface area contributed by atoms with Gasteiger partial charge in [-0.15, -0.1) is 5.10 Å². The van der Waals surface area contributed by atoms with Crippen molar-refractivity contribution in [1.82, 2.24) is 29.9 Å². The Morgan fingerprint density at radius 3 is 2.71 bits per heavy atom. The molecule has 1 N–H and O–H groups in total. The van der Waals surface area contributed by atoms with Crippen LogP contribution < -0.4 is 10.3 Å². The summed E-state index contributed by atoms with van der Waals surface area (Å²) in [7, 11) is 1.57. The molecule has 0 unspecified atom stereocenters. The fourth-order valence-corrected chi connectivity index (χ4v) is 4.76. The van der Waals surface area contributed by atoms with E-state index in [1.54, 1.807) is 48.2 Å². The van der Waals surface area contributed by atoms with Gasteiger partial charge in [0.2, 0.25) is 0 Å². The van der Waals surface area contributed by atoms with Crippen LogP contribution in [0.3, 0.4) is 0 Å². The number of ether oxygens (including phenoxy) is 1. The average molecular weight is 513 g/mol. The van der Waals surface area contributed by atoms with Crippen molar-refractivity contribution >= 4 is 40.3 Å². The number of halogens is 2. The summed E-state index contributed by atoms with van der Waals surface area (Å²) in [6, 6.07) is 12.3. The van der Waals surface area contributed by atoms with Gasteiger partial charge in [-0.05, 0) is 48.7 Å². The average Bonchev–Trinajstić information content (AvgIpc) is 3.28. The number of nitrogens with zero attached hydrogens (tertiary/aromatic N) is 5. The van der Waals surface area contributed by atoms with E-state index in [-0.39, 0.29) is 22.9 Å². The number of nitrogens with one attached hydrogen (secondary N) is 1. The molecule has 1 aliphatic rings. The largest absolute Gasteiger partial charge is 0.497 e. The maximum absolute atomic E-state index is 12.9. The molecule has 2 aromatic heterocycles. The zero-order chi connectivity index (χ0) is 24.5. The number of aromatic amines is 1. The highest BCUT2D eigenvalue weighted by molar-refractivity contribution is 6.35. The van der Waals surface area contributed by atoms with E-state index in [0.717, 1.165) is 5.56 Å². The van der Waals surface area contributed by atoms with Gasteiger partial charge in [0.1, 0.15) is 11.6 Å². The van der Waals surface area contributed by atoms with Crippen LogP contribution in [0.2, 0.25) is 10.0 Å². The molecule has 5 rings (SSSR count). The number of aromatic nitrogens is 5. The molecule has 0 atom stereocenters. The molecule has 1 aliphatic heterocycles. The topological polar surface area (TPSA) is 106 Å². The predicted octanol–water partition coefficient (Wildman–Crippen LogP) is 3.90. The van der Waals surface area contributed by atoms with Crippen LogP contribution in [0, 0.1) is 0 Å². The van der Waals surface area contributed by atoms with Crippen LogP contribution >= 0.6 is 23.2 Å². The van der Waals surface area contributed by atoms with Crippen molar-refractivity contribution in [2.45, 2.75) is 25.3 Å². The third-order valence-corrected chi connectivity index (χ3v) is 6.80. The van der Waals surface area contributed by atoms with Crippen LogP contribution in [-0.4, -0.2) is 56.0 Å². The summed E-state index contributed by atoms with van der Waals surface area (Å²) >= 11 is 12.3. The number of H-pyrrole nitrogens is 1. The second-order valence-electron chi connectivity index (χ2n) is 8.40. The zero-order valence-electron chi connectivity index (χ0n) is 18.9. The van der Waals surface area contributed by atoms with Crippen LogP contribution in [0.4, 0.5) is 0 Å². The Bertz CT molecular complexity index is 1460. The third kappa shape index (κ3) is 4.74. The van der Waals surface area contributed by atoms with Gasteiger partial charge in [-0.1, -0.05) is 40.5 Å². The molecule has 9 nitrogen and oxygen atoms in total. The zero-order valence-corrected chi connectivity index (χ0v) is 20.4. The van der Waals surface area contributed by atoms with Crippen LogP contribution in [-0.2, 0) is 6.54 Å². The molecule has 0 radical (unpaired) electrons. The Morgan fingerprint density at radius 2 is 1.97 bits per heavy atom. The van der Waals surface area contributed by atoms with E-state index in [1.165, 1.54) is 0 Å². The number of rotatable bonds is 5. The van der Waals surface area contributed by atoms with Gasteiger partial charge in [-0.25, -0.2) is 9.67 Å².